The fourth-order valence-electron chi connectivity index (χ4n) is 2.77. The second-order valence-corrected chi connectivity index (χ2v) is 6.45. The van der Waals surface area contributed by atoms with Crippen LogP contribution >= 0.6 is 0 Å². The van der Waals surface area contributed by atoms with Crippen LogP contribution in [0.1, 0.15) is 39.2 Å². The number of carbonyl (C=O) groups is 4. The smallest absolute Gasteiger partial charge is 0.480 e. The molecule has 1 aromatic rings. The van der Waals surface area contributed by atoms with Crippen LogP contribution in [0.4, 0.5) is 9.59 Å². The van der Waals surface area contributed by atoms with Crippen molar-refractivity contribution in [3.63, 3.8) is 0 Å². The van der Waals surface area contributed by atoms with Crippen LogP contribution in [-0.4, -0.2) is 55.2 Å². The second kappa shape index (κ2) is 12.4. The van der Waals surface area contributed by atoms with E-state index in [-0.39, 0.29) is 31.3 Å². The number of hydrogen-bond acceptors (Lipinski definition) is 10. The van der Waals surface area contributed by atoms with Crippen LogP contribution in [0.2, 0.25) is 0 Å². The van der Waals surface area contributed by atoms with Crippen molar-refractivity contribution in [2.75, 3.05) is 19.8 Å². The molecule has 0 aliphatic heterocycles. The Morgan fingerprint density at radius 2 is 1.52 bits per heavy atom. The summed E-state index contributed by atoms with van der Waals surface area (Å²) in [6, 6.07) is 2.71. The van der Waals surface area contributed by atoms with Gasteiger partial charge in [-0.2, -0.15) is 0 Å². The number of ether oxygens (including phenoxy) is 5. The van der Waals surface area contributed by atoms with Gasteiger partial charge in [0, 0.05) is 12.8 Å². The highest BCUT2D eigenvalue weighted by Crippen LogP contribution is 2.36. The van der Waals surface area contributed by atoms with Gasteiger partial charge in [0.15, 0.2) is 11.5 Å². The number of carbonyl (C=O) groups excluding carboxylic acids is 3. The zero-order valence-electron chi connectivity index (χ0n) is 17.8. The van der Waals surface area contributed by atoms with E-state index in [9.17, 15) is 24.3 Å². The molecule has 1 aromatic carbocycles. The van der Waals surface area contributed by atoms with Crippen molar-refractivity contribution in [3.8, 4) is 11.5 Å². The van der Waals surface area contributed by atoms with Gasteiger partial charge in [-0.15, -0.1) is 0 Å². The first-order chi connectivity index (χ1) is 14.6. The molecule has 0 fully saturated rings. The Labute approximate surface area is 179 Å². The quantitative estimate of drug-likeness (QED) is 0.312. The zero-order chi connectivity index (χ0) is 23.6. The maximum Gasteiger partial charge on any atom is 0.513 e. The van der Waals surface area contributed by atoms with Gasteiger partial charge in [-0.3, -0.25) is 9.59 Å². The highest BCUT2D eigenvalue weighted by atomic mass is 16.7. The Morgan fingerprint density at radius 3 is 2.00 bits per heavy atom. The maximum atomic E-state index is 11.8. The van der Waals surface area contributed by atoms with Gasteiger partial charge in [0.05, 0.1) is 19.8 Å². The van der Waals surface area contributed by atoms with Crippen molar-refractivity contribution in [1.29, 1.82) is 0 Å². The molecule has 0 heterocycles. The van der Waals surface area contributed by atoms with Gasteiger partial charge in [0.25, 0.3) is 0 Å². The van der Waals surface area contributed by atoms with E-state index in [4.69, 9.17) is 29.4 Å². The summed E-state index contributed by atoms with van der Waals surface area (Å²) < 4.78 is 24.6. The average Bonchev–Trinajstić information content (AvgIpc) is 2.68. The minimum atomic E-state index is -1.36. The van der Waals surface area contributed by atoms with E-state index >= 15 is 0 Å². The van der Waals surface area contributed by atoms with Gasteiger partial charge in [0.2, 0.25) is 0 Å². The third-order valence-electron chi connectivity index (χ3n) is 4.10. The molecule has 31 heavy (non-hydrogen) atoms. The summed E-state index contributed by atoms with van der Waals surface area (Å²) in [6.45, 7) is 6.06. The van der Waals surface area contributed by atoms with E-state index in [1.54, 1.807) is 20.8 Å². The topological polar surface area (TPSA) is 161 Å². The molecule has 0 bridgehead atoms. The van der Waals surface area contributed by atoms with Crippen molar-refractivity contribution in [2.45, 2.75) is 39.7 Å². The number of rotatable bonds is 10. The first kappa shape index (κ1) is 25.7. The van der Waals surface area contributed by atoms with Gasteiger partial charge in [-0.1, -0.05) is 13.0 Å². The van der Waals surface area contributed by atoms with E-state index in [0.717, 1.165) is 0 Å². The van der Waals surface area contributed by atoms with Crippen molar-refractivity contribution >= 4 is 24.2 Å². The van der Waals surface area contributed by atoms with Crippen molar-refractivity contribution < 1.29 is 48.0 Å². The molecule has 1 unspecified atom stereocenters. The summed E-state index contributed by atoms with van der Waals surface area (Å²) in [5.41, 5.74) is 6.23. The highest BCUT2D eigenvalue weighted by Gasteiger charge is 2.32. The van der Waals surface area contributed by atoms with Crippen molar-refractivity contribution in [2.24, 2.45) is 11.7 Å². The molecule has 0 aliphatic rings. The fraction of sp³-hybridized carbons (Fsp3) is 0.500. The first-order valence-electron chi connectivity index (χ1n) is 9.55. The van der Waals surface area contributed by atoms with Gasteiger partial charge in [0.1, 0.15) is 6.04 Å². The number of carboxylic acid groups (broad SMARTS) is 1. The molecule has 0 saturated carbocycles. The van der Waals surface area contributed by atoms with Gasteiger partial charge < -0.3 is 34.5 Å². The number of hydrogen-bond donors (Lipinski definition) is 2. The van der Waals surface area contributed by atoms with Crippen LogP contribution in [0.15, 0.2) is 18.2 Å². The summed E-state index contributed by atoms with van der Waals surface area (Å²) in [5, 5.41) is 9.43. The van der Waals surface area contributed by atoms with E-state index in [1.165, 1.54) is 25.1 Å². The molecular formula is C20H27NO10. The summed E-state index contributed by atoms with van der Waals surface area (Å²) in [7, 11) is 0. The Kier molecular flexibility index (Phi) is 10.3. The highest BCUT2D eigenvalue weighted by molar-refractivity contribution is 5.75. The number of esters is 1. The second-order valence-electron chi connectivity index (χ2n) is 6.45. The predicted molar refractivity (Wildman–Crippen MR) is 106 cm³/mol. The van der Waals surface area contributed by atoms with Gasteiger partial charge in [-0.05, 0) is 37.5 Å². The lowest BCUT2D eigenvalue weighted by Gasteiger charge is -2.27. The summed E-state index contributed by atoms with van der Waals surface area (Å²) >= 11 is 0. The van der Waals surface area contributed by atoms with Crippen LogP contribution in [-0.2, 0) is 23.8 Å². The van der Waals surface area contributed by atoms with Crippen LogP contribution in [0.5, 0.6) is 11.5 Å². The standard InChI is InChI=1S/C20H27NO10/c1-5-27-19(25)30-14-8-7-13(9-15(14)31-20(26)28-6-2)16(17(21)18(23)24)11(3)10-29-12(4)22/h7-9,11,16-17H,5-6,10,21H2,1-4H3,(H,23,24)/t11-,16?,17-/m0/s1. The normalized spacial score (nSPS) is 13.3. The van der Waals surface area contributed by atoms with Gasteiger partial charge in [-0.25, -0.2) is 9.59 Å². The predicted octanol–water partition coefficient (Wildman–Crippen LogP) is 2.45. The number of nitrogens with two attached hydrogens (primary N) is 1. The third-order valence-corrected chi connectivity index (χ3v) is 4.10. The van der Waals surface area contributed by atoms with E-state index < -0.39 is 42.1 Å². The minimum Gasteiger partial charge on any atom is -0.480 e. The molecule has 3 atom stereocenters. The third kappa shape index (κ3) is 8.13. The molecule has 172 valence electrons. The largest absolute Gasteiger partial charge is 0.513 e. The van der Waals surface area contributed by atoms with E-state index in [1.807, 2.05) is 0 Å². The molecule has 11 heteroatoms. The molecule has 0 aromatic heterocycles. The Morgan fingerprint density at radius 1 is 0.968 bits per heavy atom. The van der Waals surface area contributed by atoms with Gasteiger partial charge >= 0.3 is 24.2 Å². The lowest BCUT2D eigenvalue weighted by molar-refractivity contribution is -0.142. The molecule has 0 spiro atoms. The Bertz CT molecular complexity index is 794. The number of aliphatic carboxylic acids is 1. The zero-order valence-corrected chi connectivity index (χ0v) is 17.8. The van der Waals surface area contributed by atoms with E-state index in [0.29, 0.717) is 5.56 Å². The molecule has 3 N–H and O–H groups in total. The molecule has 0 aliphatic carbocycles. The lowest BCUT2D eigenvalue weighted by atomic mass is 9.82. The molecular weight excluding hydrogens is 414 g/mol. The van der Waals surface area contributed by atoms with Crippen molar-refractivity contribution in [1.82, 2.24) is 0 Å². The lowest BCUT2D eigenvalue weighted by Crippen LogP contribution is -2.40. The minimum absolute atomic E-state index is 0.0402. The van der Waals surface area contributed by atoms with E-state index in [2.05, 4.69) is 0 Å². The molecule has 0 amide bonds. The number of benzene rings is 1. The molecule has 1 rings (SSSR count). The molecule has 11 nitrogen and oxygen atoms in total. The summed E-state index contributed by atoms with van der Waals surface area (Å²) in [6.07, 6.45) is -2.08. The Balaban J connectivity index is 3.36. The summed E-state index contributed by atoms with van der Waals surface area (Å²) in [4.78, 5) is 46.2. The average molecular weight is 441 g/mol. The SMILES string of the molecule is CCOC(=O)Oc1ccc(C([C@H](N)C(=O)O)[C@@H](C)COC(C)=O)cc1OC(=O)OCC. The number of carboxylic acids is 1. The maximum absolute atomic E-state index is 11.8. The van der Waals surface area contributed by atoms with Crippen LogP contribution in [0.25, 0.3) is 0 Å². The van der Waals surface area contributed by atoms with Crippen LogP contribution in [0.3, 0.4) is 0 Å². The van der Waals surface area contributed by atoms with Crippen LogP contribution < -0.4 is 15.2 Å². The summed E-state index contributed by atoms with van der Waals surface area (Å²) in [5.74, 6) is -3.50. The van der Waals surface area contributed by atoms with Crippen molar-refractivity contribution in [3.05, 3.63) is 23.8 Å². The Hall–Kier alpha value is -3.34. The molecule has 0 saturated heterocycles. The van der Waals surface area contributed by atoms with Crippen LogP contribution in [0, 0.1) is 5.92 Å². The fourth-order valence-corrected chi connectivity index (χ4v) is 2.77. The molecule has 0 radical (unpaired) electrons. The first-order valence-corrected chi connectivity index (χ1v) is 9.55. The monoisotopic (exact) mass is 441 g/mol.